The Morgan fingerprint density at radius 3 is 2.30 bits per heavy atom. The van der Waals surface area contributed by atoms with E-state index in [0.29, 0.717) is 11.4 Å². The summed E-state index contributed by atoms with van der Waals surface area (Å²) in [5.41, 5.74) is 5.66. The summed E-state index contributed by atoms with van der Waals surface area (Å²) in [6, 6.07) is 23.3. The van der Waals surface area contributed by atoms with Gasteiger partial charge in [-0.3, -0.25) is 4.79 Å². The van der Waals surface area contributed by atoms with Crippen molar-refractivity contribution in [3.05, 3.63) is 94.6 Å². The average Bonchev–Trinajstić information content (AvgIpc) is 2.75. The number of hydrogen-bond donors (Lipinski definition) is 1. The zero-order valence-corrected chi connectivity index (χ0v) is 18.0. The lowest BCUT2D eigenvalue weighted by Crippen LogP contribution is -2.14. The molecule has 0 atom stereocenters. The lowest BCUT2D eigenvalue weighted by molar-refractivity contribution is -0.113. The largest absolute Gasteiger partial charge is 0.325 e. The van der Waals surface area contributed by atoms with Crippen molar-refractivity contribution in [2.75, 3.05) is 11.1 Å². The standard InChI is InChI=1S/C24H20ClN3OS/c1-16-6-8-17(9-7-16)14-22-24(28-21-5-3-2-4-20(21)27-22)30-15-23(29)26-19-12-10-18(25)11-13-19/h2-13H,14-15H2,1H3,(H,26,29). The topological polar surface area (TPSA) is 54.9 Å². The van der Waals surface area contributed by atoms with Gasteiger partial charge in [0.05, 0.1) is 22.5 Å². The van der Waals surface area contributed by atoms with Gasteiger partial charge in [0.25, 0.3) is 0 Å². The first-order valence-electron chi connectivity index (χ1n) is 9.56. The maximum atomic E-state index is 12.4. The summed E-state index contributed by atoms with van der Waals surface area (Å²) in [5.74, 6) is 0.148. The van der Waals surface area contributed by atoms with Crippen LogP contribution in [0.25, 0.3) is 11.0 Å². The molecule has 0 aliphatic carbocycles. The lowest BCUT2D eigenvalue weighted by atomic mass is 10.1. The van der Waals surface area contributed by atoms with Crippen LogP contribution in [0.3, 0.4) is 0 Å². The Labute approximate surface area is 184 Å². The Morgan fingerprint density at radius 2 is 1.60 bits per heavy atom. The van der Waals surface area contributed by atoms with Crippen molar-refractivity contribution in [2.24, 2.45) is 0 Å². The second-order valence-corrected chi connectivity index (χ2v) is 8.37. The Bertz CT molecular complexity index is 1180. The highest BCUT2D eigenvalue weighted by atomic mass is 35.5. The fourth-order valence-electron chi connectivity index (χ4n) is 3.01. The van der Waals surface area contributed by atoms with Gasteiger partial charge in [-0.1, -0.05) is 65.3 Å². The molecule has 1 N–H and O–H groups in total. The fourth-order valence-corrected chi connectivity index (χ4v) is 3.93. The molecule has 4 nitrogen and oxygen atoms in total. The Morgan fingerprint density at radius 1 is 0.933 bits per heavy atom. The second-order valence-electron chi connectivity index (χ2n) is 6.97. The maximum absolute atomic E-state index is 12.4. The molecule has 0 aliphatic rings. The summed E-state index contributed by atoms with van der Waals surface area (Å²) >= 11 is 7.30. The molecule has 6 heteroatoms. The number of halogens is 1. The Kier molecular flexibility index (Phi) is 6.31. The number of thioether (sulfide) groups is 1. The average molecular weight is 434 g/mol. The zero-order chi connectivity index (χ0) is 20.9. The van der Waals surface area contributed by atoms with Crippen molar-refractivity contribution in [2.45, 2.75) is 18.4 Å². The highest BCUT2D eigenvalue weighted by molar-refractivity contribution is 8.00. The molecule has 0 saturated carbocycles. The second kappa shape index (κ2) is 9.28. The van der Waals surface area contributed by atoms with E-state index < -0.39 is 0 Å². The summed E-state index contributed by atoms with van der Waals surface area (Å²) in [4.78, 5) is 22.0. The van der Waals surface area contributed by atoms with E-state index in [1.165, 1.54) is 17.3 Å². The molecule has 1 amide bonds. The molecule has 30 heavy (non-hydrogen) atoms. The number of carbonyl (C=O) groups is 1. The van der Waals surface area contributed by atoms with Gasteiger partial charge in [0, 0.05) is 17.1 Å². The van der Waals surface area contributed by atoms with Gasteiger partial charge in [-0.05, 0) is 48.9 Å². The number of benzene rings is 3. The Hall–Kier alpha value is -2.89. The Balaban J connectivity index is 1.54. The van der Waals surface area contributed by atoms with E-state index in [2.05, 4.69) is 36.5 Å². The van der Waals surface area contributed by atoms with Crippen LogP contribution in [0.1, 0.15) is 16.8 Å². The van der Waals surface area contributed by atoms with E-state index in [1.807, 2.05) is 24.3 Å². The number of carbonyl (C=O) groups excluding carboxylic acids is 1. The summed E-state index contributed by atoms with van der Waals surface area (Å²) in [6.45, 7) is 2.07. The van der Waals surface area contributed by atoms with Gasteiger partial charge in [-0.15, -0.1) is 0 Å². The van der Waals surface area contributed by atoms with Crippen LogP contribution in [-0.4, -0.2) is 21.6 Å². The molecule has 4 aromatic rings. The van der Waals surface area contributed by atoms with Gasteiger partial charge in [-0.2, -0.15) is 0 Å². The lowest BCUT2D eigenvalue weighted by Gasteiger charge is -2.10. The normalized spacial score (nSPS) is 10.9. The highest BCUT2D eigenvalue weighted by Gasteiger charge is 2.13. The zero-order valence-electron chi connectivity index (χ0n) is 16.4. The molecular formula is C24H20ClN3OS. The molecule has 0 aliphatic heterocycles. The van der Waals surface area contributed by atoms with Gasteiger partial charge in [-0.25, -0.2) is 9.97 Å². The number of para-hydroxylation sites is 2. The fraction of sp³-hybridized carbons (Fsp3) is 0.125. The van der Waals surface area contributed by atoms with Gasteiger partial charge >= 0.3 is 0 Å². The number of rotatable bonds is 6. The molecular weight excluding hydrogens is 414 g/mol. The van der Waals surface area contributed by atoms with Crippen LogP contribution in [0.15, 0.2) is 77.8 Å². The highest BCUT2D eigenvalue weighted by Crippen LogP contribution is 2.25. The summed E-state index contributed by atoms with van der Waals surface area (Å²) in [5, 5.41) is 4.30. The minimum Gasteiger partial charge on any atom is -0.325 e. The maximum Gasteiger partial charge on any atom is 0.234 e. The molecule has 3 aromatic carbocycles. The van der Waals surface area contributed by atoms with Crippen LogP contribution in [0.4, 0.5) is 5.69 Å². The molecule has 0 spiro atoms. The van der Waals surface area contributed by atoms with E-state index in [-0.39, 0.29) is 11.7 Å². The third-order valence-electron chi connectivity index (χ3n) is 4.57. The van der Waals surface area contributed by atoms with Crippen molar-refractivity contribution < 1.29 is 4.79 Å². The third-order valence-corrected chi connectivity index (χ3v) is 5.82. The molecule has 4 rings (SSSR count). The first kappa shape index (κ1) is 20.4. The first-order valence-corrected chi connectivity index (χ1v) is 10.9. The number of fused-ring (bicyclic) bond motifs is 1. The number of nitrogens with zero attached hydrogens (tertiary/aromatic N) is 2. The monoisotopic (exact) mass is 433 g/mol. The van der Waals surface area contributed by atoms with Crippen LogP contribution in [-0.2, 0) is 11.2 Å². The van der Waals surface area contributed by atoms with Crippen LogP contribution in [0.5, 0.6) is 0 Å². The first-order chi connectivity index (χ1) is 14.6. The predicted molar refractivity (Wildman–Crippen MR) is 124 cm³/mol. The van der Waals surface area contributed by atoms with Gasteiger partial charge in [0.15, 0.2) is 0 Å². The summed E-state index contributed by atoms with van der Waals surface area (Å²) in [6.07, 6.45) is 0.666. The number of anilines is 1. The van der Waals surface area contributed by atoms with Crippen molar-refractivity contribution in [1.29, 1.82) is 0 Å². The minimum atomic E-state index is -0.0985. The summed E-state index contributed by atoms with van der Waals surface area (Å²) in [7, 11) is 0. The summed E-state index contributed by atoms with van der Waals surface area (Å²) < 4.78 is 0. The van der Waals surface area contributed by atoms with Crippen LogP contribution in [0, 0.1) is 6.92 Å². The quantitative estimate of drug-likeness (QED) is 0.384. The molecule has 0 fully saturated rings. The molecule has 150 valence electrons. The van der Waals surface area contributed by atoms with E-state index >= 15 is 0 Å². The number of nitrogens with one attached hydrogen (secondary N) is 1. The molecule has 0 bridgehead atoms. The van der Waals surface area contributed by atoms with Crippen LogP contribution < -0.4 is 5.32 Å². The molecule has 1 aromatic heterocycles. The number of hydrogen-bond acceptors (Lipinski definition) is 4. The van der Waals surface area contributed by atoms with E-state index in [1.54, 1.807) is 24.3 Å². The van der Waals surface area contributed by atoms with Gasteiger partial charge < -0.3 is 5.32 Å². The van der Waals surface area contributed by atoms with E-state index in [9.17, 15) is 4.79 Å². The molecule has 0 radical (unpaired) electrons. The van der Waals surface area contributed by atoms with E-state index in [4.69, 9.17) is 21.6 Å². The van der Waals surface area contributed by atoms with Crippen LogP contribution >= 0.6 is 23.4 Å². The SMILES string of the molecule is Cc1ccc(Cc2nc3ccccc3nc2SCC(=O)Nc2ccc(Cl)cc2)cc1. The van der Waals surface area contributed by atoms with Crippen LogP contribution in [0.2, 0.25) is 5.02 Å². The van der Waals surface area contributed by atoms with Gasteiger partial charge in [0.1, 0.15) is 5.03 Å². The molecule has 1 heterocycles. The molecule has 0 saturated heterocycles. The predicted octanol–water partition coefficient (Wildman–Crippen LogP) is 5.91. The minimum absolute atomic E-state index is 0.0985. The van der Waals surface area contributed by atoms with Crippen molar-refractivity contribution in [3.63, 3.8) is 0 Å². The third kappa shape index (κ3) is 5.17. The number of aryl methyl sites for hydroxylation is 1. The van der Waals surface area contributed by atoms with Crippen molar-refractivity contribution in [3.8, 4) is 0 Å². The van der Waals surface area contributed by atoms with Gasteiger partial charge in [0.2, 0.25) is 5.91 Å². The molecule has 0 unspecified atom stereocenters. The number of aromatic nitrogens is 2. The smallest absolute Gasteiger partial charge is 0.234 e. The van der Waals surface area contributed by atoms with Crippen molar-refractivity contribution in [1.82, 2.24) is 9.97 Å². The van der Waals surface area contributed by atoms with Crippen molar-refractivity contribution >= 4 is 46.0 Å². The van der Waals surface area contributed by atoms with E-state index in [0.717, 1.165) is 33.0 Å². The number of amides is 1.